The molecule has 2 rings (SSSR count). The highest BCUT2D eigenvalue weighted by atomic mass is 35.5. The maximum Gasteiger partial charge on any atom is 0.148 e. The Kier molecular flexibility index (Phi) is 6.30. The van der Waals surface area contributed by atoms with Crippen LogP contribution in [-0.4, -0.2) is 31.1 Å². The van der Waals surface area contributed by atoms with Gasteiger partial charge in [-0.3, -0.25) is 4.90 Å². The van der Waals surface area contributed by atoms with Gasteiger partial charge in [-0.05, 0) is 30.9 Å². The van der Waals surface area contributed by atoms with E-state index in [9.17, 15) is 4.39 Å². The average Bonchev–Trinajstić information content (AvgIpc) is 2.47. The third kappa shape index (κ3) is 4.32. The molecule has 21 heavy (non-hydrogen) atoms. The molecule has 0 aliphatic carbocycles. The Bertz CT molecular complexity index is 474. The molecule has 0 aromatic heterocycles. The van der Waals surface area contributed by atoms with Crippen molar-refractivity contribution >= 4 is 23.2 Å². The molecular formula is C16H23Cl2FN2. The number of hydrogen-bond donors (Lipinski definition) is 1. The summed E-state index contributed by atoms with van der Waals surface area (Å²) in [6.45, 7) is 8.04. The van der Waals surface area contributed by atoms with Crippen LogP contribution in [0, 0.1) is 11.7 Å². The minimum Gasteiger partial charge on any atom is -0.314 e. The largest absolute Gasteiger partial charge is 0.314 e. The summed E-state index contributed by atoms with van der Waals surface area (Å²) in [5, 5.41) is 3.96. The molecule has 0 spiro atoms. The highest BCUT2D eigenvalue weighted by Gasteiger charge is 2.27. The lowest BCUT2D eigenvalue weighted by atomic mass is 9.95. The Balaban J connectivity index is 2.31. The van der Waals surface area contributed by atoms with Crippen LogP contribution in [0.4, 0.5) is 4.39 Å². The molecule has 0 amide bonds. The zero-order chi connectivity index (χ0) is 15.4. The zero-order valence-corrected chi connectivity index (χ0v) is 14.1. The van der Waals surface area contributed by atoms with Crippen molar-refractivity contribution in [2.75, 3.05) is 26.2 Å². The average molecular weight is 333 g/mol. The van der Waals surface area contributed by atoms with E-state index in [1.54, 1.807) is 6.07 Å². The van der Waals surface area contributed by atoms with Gasteiger partial charge in [0.1, 0.15) is 5.82 Å². The molecule has 1 fully saturated rings. The first-order valence-electron chi connectivity index (χ1n) is 7.59. The van der Waals surface area contributed by atoms with E-state index in [1.165, 1.54) is 6.07 Å². The summed E-state index contributed by atoms with van der Waals surface area (Å²) >= 11 is 12.3. The molecule has 1 N–H and O–H groups in total. The predicted octanol–water partition coefficient (Wildman–Crippen LogP) is 4.52. The SMILES string of the molecule is CC(C)CC[C@@H](c1c(Cl)ccc(Cl)c1F)N1CCNCC1. The molecule has 1 aliphatic rings. The second-order valence-corrected chi connectivity index (χ2v) is 6.84. The summed E-state index contributed by atoms with van der Waals surface area (Å²) in [6, 6.07) is 3.23. The minimum absolute atomic E-state index is 0.000648. The molecule has 0 unspecified atom stereocenters. The molecule has 1 aromatic carbocycles. The Hall–Kier alpha value is -0.350. The number of halogens is 3. The van der Waals surface area contributed by atoms with Crippen LogP contribution in [0.3, 0.4) is 0 Å². The lowest BCUT2D eigenvalue weighted by Gasteiger charge is -2.36. The summed E-state index contributed by atoms with van der Waals surface area (Å²) in [4.78, 5) is 2.32. The molecule has 0 saturated carbocycles. The zero-order valence-electron chi connectivity index (χ0n) is 12.6. The Morgan fingerprint density at radius 1 is 1.14 bits per heavy atom. The second-order valence-electron chi connectivity index (χ2n) is 6.03. The molecule has 1 heterocycles. The normalized spacial score (nSPS) is 18.2. The molecule has 2 nitrogen and oxygen atoms in total. The van der Waals surface area contributed by atoms with E-state index in [-0.39, 0.29) is 16.9 Å². The summed E-state index contributed by atoms with van der Waals surface area (Å²) in [7, 11) is 0. The first-order valence-corrected chi connectivity index (χ1v) is 8.34. The smallest absolute Gasteiger partial charge is 0.148 e. The Labute approximate surface area is 136 Å². The Morgan fingerprint density at radius 3 is 2.38 bits per heavy atom. The Morgan fingerprint density at radius 2 is 1.76 bits per heavy atom. The first-order chi connectivity index (χ1) is 10.0. The molecule has 5 heteroatoms. The summed E-state index contributed by atoms with van der Waals surface area (Å²) in [6.07, 6.45) is 1.94. The molecule has 1 saturated heterocycles. The quantitative estimate of drug-likeness (QED) is 0.797. The van der Waals surface area contributed by atoms with Crippen LogP contribution in [0.15, 0.2) is 12.1 Å². The van der Waals surface area contributed by atoms with Gasteiger partial charge in [-0.25, -0.2) is 4.39 Å². The van der Waals surface area contributed by atoms with Crippen LogP contribution in [0.1, 0.15) is 38.3 Å². The number of benzene rings is 1. The van der Waals surface area contributed by atoms with Gasteiger partial charge in [0.15, 0.2) is 0 Å². The van der Waals surface area contributed by atoms with E-state index in [1.807, 2.05) is 0 Å². The number of rotatable bonds is 5. The van der Waals surface area contributed by atoms with E-state index in [0.717, 1.165) is 39.0 Å². The fraction of sp³-hybridized carbons (Fsp3) is 0.625. The molecule has 0 bridgehead atoms. The standard InChI is InChI=1S/C16H23Cl2FN2/c1-11(2)3-6-14(21-9-7-20-8-10-21)15-12(17)4-5-13(18)16(15)19/h4-5,11,14,20H,3,6-10H2,1-2H3/t14-/m0/s1. The summed E-state index contributed by atoms with van der Waals surface area (Å²) < 4.78 is 14.5. The monoisotopic (exact) mass is 332 g/mol. The van der Waals surface area contributed by atoms with Crippen LogP contribution < -0.4 is 5.32 Å². The van der Waals surface area contributed by atoms with Crippen molar-refractivity contribution in [2.45, 2.75) is 32.7 Å². The number of piperazine rings is 1. The van der Waals surface area contributed by atoms with E-state index in [2.05, 4.69) is 24.1 Å². The highest BCUT2D eigenvalue weighted by molar-refractivity contribution is 6.33. The van der Waals surface area contributed by atoms with Crippen molar-refractivity contribution in [2.24, 2.45) is 5.92 Å². The van der Waals surface area contributed by atoms with Crippen molar-refractivity contribution in [1.29, 1.82) is 0 Å². The lowest BCUT2D eigenvalue weighted by molar-refractivity contribution is 0.157. The second kappa shape index (κ2) is 7.77. The molecular weight excluding hydrogens is 310 g/mol. The fourth-order valence-electron chi connectivity index (χ4n) is 2.84. The third-order valence-corrected chi connectivity index (χ3v) is 4.64. The van der Waals surface area contributed by atoms with Gasteiger partial charge in [-0.2, -0.15) is 0 Å². The van der Waals surface area contributed by atoms with Crippen molar-refractivity contribution in [3.63, 3.8) is 0 Å². The van der Waals surface area contributed by atoms with E-state index < -0.39 is 0 Å². The molecule has 1 aliphatic heterocycles. The highest BCUT2D eigenvalue weighted by Crippen LogP contribution is 2.36. The van der Waals surface area contributed by atoms with E-state index in [4.69, 9.17) is 23.2 Å². The maximum absolute atomic E-state index is 14.5. The predicted molar refractivity (Wildman–Crippen MR) is 87.7 cm³/mol. The van der Waals surface area contributed by atoms with Gasteiger partial charge in [0.2, 0.25) is 0 Å². The van der Waals surface area contributed by atoms with Gasteiger partial charge in [0.05, 0.1) is 5.02 Å². The maximum atomic E-state index is 14.5. The molecule has 1 aromatic rings. The van der Waals surface area contributed by atoms with Crippen molar-refractivity contribution < 1.29 is 4.39 Å². The van der Waals surface area contributed by atoms with Gasteiger partial charge in [-0.1, -0.05) is 37.0 Å². The number of nitrogens with zero attached hydrogens (tertiary/aromatic N) is 1. The van der Waals surface area contributed by atoms with Crippen LogP contribution >= 0.6 is 23.2 Å². The van der Waals surface area contributed by atoms with Gasteiger partial charge < -0.3 is 5.32 Å². The van der Waals surface area contributed by atoms with Gasteiger partial charge in [-0.15, -0.1) is 0 Å². The number of hydrogen-bond acceptors (Lipinski definition) is 2. The fourth-order valence-corrected chi connectivity index (χ4v) is 3.28. The summed E-state index contributed by atoms with van der Waals surface area (Å²) in [5.74, 6) is 0.216. The van der Waals surface area contributed by atoms with Crippen LogP contribution in [0.5, 0.6) is 0 Å². The van der Waals surface area contributed by atoms with Crippen molar-refractivity contribution in [3.8, 4) is 0 Å². The molecule has 1 atom stereocenters. The van der Waals surface area contributed by atoms with Crippen LogP contribution in [-0.2, 0) is 0 Å². The van der Waals surface area contributed by atoms with Gasteiger partial charge in [0, 0.05) is 42.8 Å². The summed E-state index contributed by atoms with van der Waals surface area (Å²) in [5.41, 5.74) is 0.562. The van der Waals surface area contributed by atoms with Crippen molar-refractivity contribution in [1.82, 2.24) is 10.2 Å². The third-order valence-electron chi connectivity index (χ3n) is 4.02. The van der Waals surface area contributed by atoms with Gasteiger partial charge in [0.25, 0.3) is 0 Å². The van der Waals surface area contributed by atoms with E-state index >= 15 is 0 Å². The van der Waals surface area contributed by atoms with Gasteiger partial charge >= 0.3 is 0 Å². The first kappa shape index (κ1) is 17.0. The molecule has 118 valence electrons. The van der Waals surface area contributed by atoms with Crippen LogP contribution in [0.25, 0.3) is 0 Å². The number of nitrogens with one attached hydrogen (secondary N) is 1. The van der Waals surface area contributed by atoms with Crippen molar-refractivity contribution in [3.05, 3.63) is 33.6 Å². The minimum atomic E-state index is -0.364. The van der Waals surface area contributed by atoms with E-state index in [0.29, 0.717) is 16.5 Å². The topological polar surface area (TPSA) is 15.3 Å². The molecule has 0 radical (unpaired) electrons. The van der Waals surface area contributed by atoms with Crippen LogP contribution in [0.2, 0.25) is 10.0 Å². The lowest BCUT2D eigenvalue weighted by Crippen LogP contribution is -2.45.